The van der Waals surface area contributed by atoms with E-state index in [9.17, 15) is 13.2 Å². The molecule has 1 aromatic heterocycles. The summed E-state index contributed by atoms with van der Waals surface area (Å²) in [5.41, 5.74) is 0.840. The van der Waals surface area contributed by atoms with Crippen LogP contribution in [0.2, 0.25) is 0 Å². The number of hydrogen-bond donors (Lipinski definition) is 1. The summed E-state index contributed by atoms with van der Waals surface area (Å²) in [7, 11) is -2.56. The summed E-state index contributed by atoms with van der Waals surface area (Å²) >= 11 is 0. The van der Waals surface area contributed by atoms with Gasteiger partial charge in [-0.05, 0) is 35.2 Å². The lowest BCUT2D eigenvalue weighted by molar-refractivity contribution is -0.165. The van der Waals surface area contributed by atoms with Gasteiger partial charge in [0.15, 0.2) is 5.82 Å². The molecule has 42 heavy (non-hydrogen) atoms. The molecule has 0 spiro atoms. The Balaban J connectivity index is 1.51. The summed E-state index contributed by atoms with van der Waals surface area (Å²) in [6.07, 6.45) is 0.240. The monoisotopic (exact) mass is 602 g/mol. The van der Waals surface area contributed by atoms with E-state index in [0.717, 1.165) is 11.9 Å². The normalized spacial score (nSPS) is 14.1. The molecule has 0 radical (unpaired) electrons. The van der Waals surface area contributed by atoms with E-state index in [4.69, 9.17) is 28.5 Å². The Morgan fingerprint density at radius 2 is 1.74 bits per heavy atom. The average molecular weight is 603 g/mol. The van der Waals surface area contributed by atoms with Crippen LogP contribution in [0.15, 0.2) is 59.8 Å². The number of hydrogen-bond acceptors (Lipinski definition) is 12. The molecular formula is C28H34N4O9S. The Morgan fingerprint density at radius 1 is 1.02 bits per heavy atom. The number of sulfonamides is 1. The molecule has 1 aliphatic heterocycles. The maximum Gasteiger partial charge on any atom is 0.528 e. The predicted molar refractivity (Wildman–Crippen MR) is 151 cm³/mol. The third-order valence-corrected chi connectivity index (χ3v) is 7.36. The number of rotatable bonds is 11. The molecule has 0 unspecified atom stereocenters. The van der Waals surface area contributed by atoms with E-state index in [0.29, 0.717) is 37.8 Å². The van der Waals surface area contributed by atoms with E-state index < -0.39 is 16.2 Å². The van der Waals surface area contributed by atoms with Crippen molar-refractivity contribution in [3.05, 3.63) is 60.4 Å². The number of nitrogens with zero attached hydrogens (tertiary/aromatic N) is 3. The SMILES string of the molecule is COc1cccc(Oc2c(NS(=O)(=O)c3ccc(C(C)(C)C)cc3)ncnc2OCCOC(=O)ON2CCOCC2)c1. The first-order valence-electron chi connectivity index (χ1n) is 13.2. The third kappa shape index (κ3) is 8.44. The molecule has 3 aromatic rings. The Kier molecular flexibility index (Phi) is 10.0. The minimum absolute atomic E-state index is 0.0380. The minimum Gasteiger partial charge on any atom is -0.497 e. The van der Waals surface area contributed by atoms with Crippen LogP contribution >= 0.6 is 0 Å². The highest BCUT2D eigenvalue weighted by atomic mass is 32.2. The van der Waals surface area contributed by atoms with Gasteiger partial charge in [-0.1, -0.05) is 39.0 Å². The summed E-state index contributed by atoms with van der Waals surface area (Å²) in [4.78, 5) is 25.4. The van der Waals surface area contributed by atoms with E-state index in [-0.39, 0.29) is 41.0 Å². The molecule has 14 heteroatoms. The number of hydroxylamine groups is 2. The van der Waals surface area contributed by atoms with Crippen molar-refractivity contribution in [3.8, 4) is 23.1 Å². The molecule has 1 saturated heterocycles. The van der Waals surface area contributed by atoms with Crippen LogP contribution in [0, 0.1) is 0 Å². The molecule has 1 fully saturated rings. The molecule has 0 bridgehead atoms. The van der Waals surface area contributed by atoms with Crippen LogP contribution in [-0.2, 0) is 29.7 Å². The second-order valence-corrected chi connectivity index (χ2v) is 11.8. The first-order valence-corrected chi connectivity index (χ1v) is 14.6. The van der Waals surface area contributed by atoms with Crippen LogP contribution in [0.25, 0.3) is 0 Å². The third-order valence-electron chi connectivity index (χ3n) is 6.01. The zero-order chi connectivity index (χ0) is 30.2. The second kappa shape index (κ2) is 13.7. The van der Waals surface area contributed by atoms with Crippen molar-refractivity contribution in [1.29, 1.82) is 0 Å². The van der Waals surface area contributed by atoms with Crippen molar-refractivity contribution in [2.24, 2.45) is 0 Å². The quantitative estimate of drug-likeness (QED) is 0.248. The lowest BCUT2D eigenvalue weighted by Crippen LogP contribution is -2.38. The first kappa shape index (κ1) is 30.8. The smallest absolute Gasteiger partial charge is 0.497 e. The Bertz CT molecular complexity index is 1450. The van der Waals surface area contributed by atoms with Crippen molar-refractivity contribution in [3.63, 3.8) is 0 Å². The van der Waals surface area contributed by atoms with Gasteiger partial charge in [-0.3, -0.25) is 4.72 Å². The van der Waals surface area contributed by atoms with Crippen molar-refractivity contribution in [2.75, 3.05) is 51.3 Å². The molecule has 0 amide bonds. The van der Waals surface area contributed by atoms with Gasteiger partial charge in [0.25, 0.3) is 15.9 Å². The first-order chi connectivity index (χ1) is 20.0. The number of ether oxygens (including phenoxy) is 5. The van der Waals surface area contributed by atoms with Gasteiger partial charge in [-0.25, -0.2) is 18.2 Å². The number of aromatic nitrogens is 2. The molecule has 0 aliphatic carbocycles. The van der Waals surface area contributed by atoms with E-state index in [2.05, 4.69) is 14.7 Å². The molecule has 1 aliphatic rings. The highest BCUT2D eigenvalue weighted by Crippen LogP contribution is 2.37. The maximum atomic E-state index is 13.3. The average Bonchev–Trinajstić information content (AvgIpc) is 2.97. The Morgan fingerprint density at radius 3 is 2.43 bits per heavy atom. The Labute approximate surface area is 244 Å². The number of nitrogens with one attached hydrogen (secondary N) is 1. The molecule has 1 N–H and O–H groups in total. The van der Waals surface area contributed by atoms with Gasteiger partial charge in [-0.2, -0.15) is 4.98 Å². The van der Waals surface area contributed by atoms with Gasteiger partial charge < -0.3 is 28.5 Å². The largest absolute Gasteiger partial charge is 0.528 e. The van der Waals surface area contributed by atoms with Crippen molar-refractivity contribution < 1.29 is 41.7 Å². The standard InChI is InChI=1S/C28H34N4O9S/c1-28(2,3)20-8-10-23(11-9-20)42(34,35)31-25-24(40-22-7-5-6-21(18-22)36-4)26(30-19-29-25)38-16-17-39-27(33)41-32-12-14-37-15-13-32/h5-11,18-19H,12-17H2,1-4H3,(H,29,30,31). The highest BCUT2D eigenvalue weighted by Gasteiger charge is 2.24. The molecule has 2 aromatic carbocycles. The van der Waals surface area contributed by atoms with E-state index >= 15 is 0 Å². The van der Waals surface area contributed by atoms with Crippen LogP contribution in [0.3, 0.4) is 0 Å². The van der Waals surface area contributed by atoms with Gasteiger partial charge in [0, 0.05) is 6.07 Å². The molecule has 4 rings (SSSR count). The molecule has 13 nitrogen and oxygen atoms in total. The fraction of sp³-hybridized carbons (Fsp3) is 0.393. The summed E-state index contributed by atoms with van der Waals surface area (Å²) in [6.45, 7) is 7.60. The summed E-state index contributed by atoms with van der Waals surface area (Å²) in [5, 5.41) is 1.45. The number of methoxy groups -OCH3 is 1. The van der Waals surface area contributed by atoms with Crippen LogP contribution in [0.4, 0.5) is 10.6 Å². The van der Waals surface area contributed by atoms with E-state index in [1.165, 1.54) is 24.3 Å². The van der Waals surface area contributed by atoms with Gasteiger partial charge in [0.1, 0.15) is 31.0 Å². The van der Waals surface area contributed by atoms with Gasteiger partial charge in [0.05, 0.1) is 38.3 Å². The fourth-order valence-electron chi connectivity index (χ4n) is 3.76. The second-order valence-electron chi connectivity index (χ2n) is 10.1. The zero-order valence-electron chi connectivity index (χ0n) is 23.9. The number of carbonyl (C=O) groups excluding carboxylic acids is 1. The highest BCUT2D eigenvalue weighted by molar-refractivity contribution is 7.92. The van der Waals surface area contributed by atoms with Crippen molar-refractivity contribution in [1.82, 2.24) is 15.0 Å². The van der Waals surface area contributed by atoms with Gasteiger partial charge in [0.2, 0.25) is 5.75 Å². The van der Waals surface area contributed by atoms with Crippen LogP contribution in [-0.4, -0.2) is 76.2 Å². The van der Waals surface area contributed by atoms with E-state index in [1.807, 2.05) is 20.8 Å². The number of anilines is 1. The van der Waals surface area contributed by atoms with Gasteiger partial charge in [-0.15, -0.1) is 5.06 Å². The fourth-order valence-corrected chi connectivity index (χ4v) is 4.77. The van der Waals surface area contributed by atoms with Crippen LogP contribution in [0.1, 0.15) is 26.3 Å². The lowest BCUT2D eigenvalue weighted by Gasteiger charge is -2.24. The van der Waals surface area contributed by atoms with E-state index in [1.54, 1.807) is 36.4 Å². The van der Waals surface area contributed by atoms with Crippen LogP contribution < -0.4 is 18.9 Å². The lowest BCUT2D eigenvalue weighted by atomic mass is 9.87. The van der Waals surface area contributed by atoms with Gasteiger partial charge >= 0.3 is 6.16 Å². The summed E-state index contributed by atoms with van der Waals surface area (Å²) in [5.74, 6) is 0.486. The Hall–Kier alpha value is -4.14. The summed E-state index contributed by atoms with van der Waals surface area (Å²) in [6, 6.07) is 13.3. The number of morpholine rings is 1. The number of carbonyl (C=O) groups is 1. The molecule has 0 saturated carbocycles. The van der Waals surface area contributed by atoms with Crippen molar-refractivity contribution in [2.45, 2.75) is 31.1 Å². The predicted octanol–water partition coefficient (Wildman–Crippen LogP) is 4.16. The molecule has 2 heterocycles. The molecule has 0 atom stereocenters. The molecular weight excluding hydrogens is 568 g/mol. The number of benzene rings is 2. The minimum atomic E-state index is -4.07. The summed E-state index contributed by atoms with van der Waals surface area (Å²) < 4.78 is 56.3. The molecule has 226 valence electrons. The van der Waals surface area contributed by atoms with Crippen LogP contribution in [0.5, 0.6) is 23.1 Å². The maximum absolute atomic E-state index is 13.3. The topological polar surface area (TPSA) is 148 Å². The zero-order valence-corrected chi connectivity index (χ0v) is 24.7. The van der Waals surface area contributed by atoms with Crippen molar-refractivity contribution >= 4 is 22.0 Å².